The molecule has 0 radical (unpaired) electrons. The van der Waals surface area contributed by atoms with Crippen LogP contribution in [-0.4, -0.2) is 30.6 Å². The molecular formula is C26H21Cl3F9NO2. The molecule has 0 fully saturated rings. The molecule has 0 aliphatic carbocycles. The summed E-state index contributed by atoms with van der Waals surface area (Å²) in [6.07, 6.45) is -14.3. The number of alkyl halides is 9. The standard InChI is InChI=1S/C26H21Cl3F9NO2/c1-23(2,22(41)39-12-24(30,31)32)8-7-20(40)15-5-3-13(9-17(15)26(36,37)38)4-6-16(25(33,34)35)14-10-18(27)21(29)19(28)11-14/h3-6,9-11,16H,7-8,12H2,1-2H3,(H,39,41)/b6-4+. The number of allylic oxidation sites excluding steroid dienone is 1. The molecule has 0 bridgehead atoms. The van der Waals surface area contributed by atoms with Crippen molar-refractivity contribution in [1.29, 1.82) is 0 Å². The molecule has 1 atom stereocenters. The van der Waals surface area contributed by atoms with E-state index in [1.54, 1.807) is 5.32 Å². The summed E-state index contributed by atoms with van der Waals surface area (Å²) in [7, 11) is 0. The number of halogens is 12. The van der Waals surface area contributed by atoms with Gasteiger partial charge in [0.1, 0.15) is 6.54 Å². The maximum Gasteiger partial charge on any atom is 0.417 e. The number of carbonyl (C=O) groups is 2. The van der Waals surface area contributed by atoms with Crippen molar-refractivity contribution in [3.63, 3.8) is 0 Å². The van der Waals surface area contributed by atoms with Gasteiger partial charge < -0.3 is 5.32 Å². The van der Waals surface area contributed by atoms with Gasteiger partial charge in [0.05, 0.1) is 26.5 Å². The predicted octanol–water partition coefficient (Wildman–Crippen LogP) is 9.69. The molecule has 2 aromatic rings. The summed E-state index contributed by atoms with van der Waals surface area (Å²) in [5, 5.41) is 0.954. The average Bonchev–Trinajstić information content (AvgIpc) is 2.82. The second-order valence-electron chi connectivity index (χ2n) is 9.58. The van der Waals surface area contributed by atoms with Gasteiger partial charge in [-0.3, -0.25) is 9.59 Å². The van der Waals surface area contributed by atoms with Crippen LogP contribution in [0.25, 0.3) is 6.08 Å². The van der Waals surface area contributed by atoms with Crippen LogP contribution in [0.15, 0.2) is 36.4 Å². The van der Waals surface area contributed by atoms with Crippen LogP contribution in [0.1, 0.15) is 59.7 Å². The van der Waals surface area contributed by atoms with E-state index in [9.17, 15) is 49.1 Å². The lowest BCUT2D eigenvalue weighted by Crippen LogP contribution is -2.41. The van der Waals surface area contributed by atoms with Crippen LogP contribution in [0.5, 0.6) is 0 Å². The molecule has 0 spiro atoms. The molecule has 15 heteroatoms. The highest BCUT2D eigenvalue weighted by atomic mass is 35.5. The van der Waals surface area contributed by atoms with Crippen molar-refractivity contribution in [1.82, 2.24) is 5.32 Å². The van der Waals surface area contributed by atoms with Gasteiger partial charge in [-0.1, -0.05) is 72.9 Å². The molecule has 2 aromatic carbocycles. The van der Waals surface area contributed by atoms with Crippen molar-refractivity contribution >= 4 is 52.6 Å². The van der Waals surface area contributed by atoms with Gasteiger partial charge in [-0.05, 0) is 35.7 Å². The number of ketones is 1. The Bertz CT molecular complexity index is 1290. The summed E-state index contributed by atoms with van der Waals surface area (Å²) in [6.45, 7) is 0.828. The first-order valence-electron chi connectivity index (χ1n) is 11.5. The van der Waals surface area contributed by atoms with E-state index in [4.69, 9.17) is 34.8 Å². The molecule has 1 N–H and O–H groups in total. The fourth-order valence-corrected chi connectivity index (χ4v) is 4.22. The smallest absolute Gasteiger partial charge is 0.347 e. The topological polar surface area (TPSA) is 46.2 Å². The third-order valence-corrected chi connectivity index (χ3v) is 7.09. The number of rotatable bonds is 9. The maximum atomic E-state index is 13.8. The van der Waals surface area contributed by atoms with Crippen molar-refractivity contribution in [3.8, 4) is 0 Å². The van der Waals surface area contributed by atoms with Gasteiger partial charge >= 0.3 is 18.5 Å². The molecule has 0 aromatic heterocycles. The first kappa shape index (κ1) is 34.8. The van der Waals surface area contributed by atoms with E-state index in [2.05, 4.69) is 0 Å². The van der Waals surface area contributed by atoms with E-state index in [1.807, 2.05) is 0 Å². The zero-order chi connectivity index (χ0) is 31.6. The van der Waals surface area contributed by atoms with E-state index in [0.717, 1.165) is 30.3 Å². The number of benzene rings is 2. The molecule has 3 nitrogen and oxygen atoms in total. The molecule has 0 aliphatic heterocycles. The molecule has 0 heterocycles. The van der Waals surface area contributed by atoms with Crippen LogP contribution >= 0.6 is 34.8 Å². The minimum absolute atomic E-state index is 0.178. The second kappa shape index (κ2) is 12.8. The quantitative estimate of drug-likeness (QED) is 0.166. The van der Waals surface area contributed by atoms with Gasteiger partial charge in [0.15, 0.2) is 5.78 Å². The van der Waals surface area contributed by atoms with Gasteiger partial charge in [-0.15, -0.1) is 0 Å². The Morgan fingerprint density at radius 1 is 0.902 bits per heavy atom. The van der Waals surface area contributed by atoms with Gasteiger partial charge in [-0.2, -0.15) is 39.5 Å². The predicted molar refractivity (Wildman–Crippen MR) is 137 cm³/mol. The van der Waals surface area contributed by atoms with Crippen LogP contribution in [0.4, 0.5) is 39.5 Å². The van der Waals surface area contributed by atoms with Crippen LogP contribution < -0.4 is 5.32 Å². The first-order valence-corrected chi connectivity index (χ1v) is 12.6. The van der Waals surface area contributed by atoms with Gasteiger partial charge in [0.2, 0.25) is 5.91 Å². The number of amides is 1. The molecule has 0 saturated heterocycles. The molecule has 1 amide bonds. The van der Waals surface area contributed by atoms with Crippen LogP contribution in [0.2, 0.25) is 15.1 Å². The number of carbonyl (C=O) groups excluding carboxylic acids is 2. The maximum absolute atomic E-state index is 13.8. The highest BCUT2D eigenvalue weighted by Gasteiger charge is 2.40. The number of nitrogens with one attached hydrogen (secondary N) is 1. The lowest BCUT2D eigenvalue weighted by atomic mass is 9.84. The van der Waals surface area contributed by atoms with E-state index in [-0.39, 0.29) is 27.1 Å². The van der Waals surface area contributed by atoms with Crippen molar-refractivity contribution in [3.05, 3.63) is 73.7 Å². The number of hydrogen-bond acceptors (Lipinski definition) is 2. The zero-order valence-corrected chi connectivity index (χ0v) is 23.4. The average molecular weight is 657 g/mol. The second-order valence-corrected chi connectivity index (χ2v) is 10.8. The summed E-state index contributed by atoms with van der Waals surface area (Å²) in [6, 6.07) is 4.11. The highest BCUT2D eigenvalue weighted by Crippen LogP contribution is 2.41. The molecule has 2 rings (SSSR count). The van der Waals surface area contributed by atoms with E-state index >= 15 is 0 Å². The van der Waals surface area contributed by atoms with Crippen molar-refractivity contribution in [2.24, 2.45) is 5.41 Å². The Morgan fingerprint density at radius 3 is 1.95 bits per heavy atom. The summed E-state index contributed by atoms with van der Waals surface area (Å²) >= 11 is 17.4. The Balaban J connectivity index is 2.34. The summed E-state index contributed by atoms with van der Waals surface area (Å²) < 4.78 is 120. The fraction of sp³-hybridized carbons (Fsp3) is 0.385. The Labute approximate surface area is 243 Å². The lowest BCUT2D eigenvalue weighted by molar-refractivity contribution is -0.143. The minimum atomic E-state index is -5.09. The summed E-state index contributed by atoms with van der Waals surface area (Å²) in [5.74, 6) is -4.44. The van der Waals surface area contributed by atoms with Crippen molar-refractivity contribution < 1.29 is 49.1 Å². The first-order chi connectivity index (χ1) is 18.5. The molecule has 41 heavy (non-hydrogen) atoms. The van der Waals surface area contributed by atoms with Crippen molar-refractivity contribution in [2.75, 3.05) is 6.54 Å². The fourth-order valence-electron chi connectivity index (χ4n) is 3.61. The van der Waals surface area contributed by atoms with E-state index < -0.39 is 71.2 Å². The molecule has 0 saturated carbocycles. The third-order valence-electron chi connectivity index (χ3n) is 5.89. The zero-order valence-electron chi connectivity index (χ0n) is 21.1. The largest absolute Gasteiger partial charge is 0.417 e. The Hall–Kier alpha value is -2.44. The monoisotopic (exact) mass is 655 g/mol. The Morgan fingerprint density at radius 2 is 1.46 bits per heavy atom. The molecule has 0 aliphatic rings. The van der Waals surface area contributed by atoms with Gasteiger partial charge in [0.25, 0.3) is 0 Å². The van der Waals surface area contributed by atoms with Gasteiger partial charge in [0, 0.05) is 17.4 Å². The highest BCUT2D eigenvalue weighted by molar-refractivity contribution is 6.48. The molecular weight excluding hydrogens is 636 g/mol. The van der Waals surface area contributed by atoms with E-state index in [1.165, 1.54) is 13.8 Å². The van der Waals surface area contributed by atoms with Gasteiger partial charge in [-0.25, -0.2) is 0 Å². The van der Waals surface area contributed by atoms with Crippen LogP contribution in [-0.2, 0) is 11.0 Å². The number of hydrogen-bond donors (Lipinski definition) is 1. The summed E-state index contributed by atoms with van der Waals surface area (Å²) in [4.78, 5) is 24.7. The minimum Gasteiger partial charge on any atom is -0.347 e. The number of Topliss-reactive ketones (excluding diaryl/α,β-unsaturated/α-hetero) is 1. The van der Waals surface area contributed by atoms with E-state index in [0.29, 0.717) is 12.1 Å². The van der Waals surface area contributed by atoms with Crippen molar-refractivity contribution in [2.45, 2.75) is 51.1 Å². The lowest BCUT2D eigenvalue weighted by Gasteiger charge is -2.24. The third kappa shape index (κ3) is 9.82. The molecule has 1 unspecified atom stereocenters. The normalized spacial score (nSPS) is 13.9. The molecule has 226 valence electrons. The SMILES string of the molecule is CC(C)(CCC(=O)c1ccc(/C=C/C(c2cc(Cl)c(Cl)c(Cl)c2)C(F)(F)F)cc1C(F)(F)F)C(=O)NCC(F)(F)F. The van der Waals surface area contributed by atoms with Crippen LogP contribution in [0, 0.1) is 5.41 Å². The van der Waals surface area contributed by atoms with Crippen LogP contribution in [0.3, 0.4) is 0 Å². The Kier molecular flexibility index (Phi) is 10.9. The summed E-state index contributed by atoms with van der Waals surface area (Å²) in [5.41, 5.74) is -4.52.